The number of nitriles is 1. The zero-order valence-corrected chi connectivity index (χ0v) is 26.7. The zero-order valence-electron chi connectivity index (χ0n) is 26.7. The van der Waals surface area contributed by atoms with E-state index in [-0.39, 0.29) is 11.9 Å². The van der Waals surface area contributed by atoms with E-state index in [0.717, 1.165) is 82.0 Å². The van der Waals surface area contributed by atoms with Gasteiger partial charge in [-0.2, -0.15) is 5.26 Å². The maximum Gasteiger partial charge on any atom is 0.163 e. The summed E-state index contributed by atoms with van der Waals surface area (Å²) < 4.78 is 12.3. The van der Waals surface area contributed by atoms with Crippen LogP contribution >= 0.6 is 0 Å². The van der Waals surface area contributed by atoms with E-state index in [1.165, 1.54) is 16.7 Å². The van der Waals surface area contributed by atoms with Crippen molar-refractivity contribution in [2.24, 2.45) is 5.92 Å². The fraction of sp³-hybridized carbons (Fsp3) is 0.350. The molecule has 0 bridgehead atoms. The highest BCUT2D eigenvalue weighted by atomic mass is 16.5. The van der Waals surface area contributed by atoms with Crippen LogP contribution in [-0.2, 0) is 13.1 Å². The highest BCUT2D eigenvalue weighted by Crippen LogP contribution is 2.27. The van der Waals surface area contributed by atoms with E-state index in [2.05, 4.69) is 59.2 Å². The van der Waals surface area contributed by atoms with Gasteiger partial charge in [0.15, 0.2) is 5.78 Å². The largest absolute Gasteiger partial charge is 0.490 e. The Kier molecular flexibility index (Phi) is 10.4. The number of likely N-dealkylation sites (tertiary alicyclic amines) is 2. The number of carbonyl (C=O) groups is 1. The smallest absolute Gasteiger partial charge is 0.163 e. The average molecular weight is 614 g/mol. The van der Waals surface area contributed by atoms with Gasteiger partial charge in [0.2, 0.25) is 0 Å². The van der Waals surface area contributed by atoms with Crippen LogP contribution in [0.1, 0.15) is 64.7 Å². The lowest BCUT2D eigenvalue weighted by atomic mass is 9.89. The van der Waals surface area contributed by atoms with Gasteiger partial charge in [-0.25, -0.2) is 0 Å². The summed E-state index contributed by atoms with van der Waals surface area (Å²) in [5.41, 5.74) is 5.29. The van der Waals surface area contributed by atoms with Crippen LogP contribution in [0.3, 0.4) is 0 Å². The first-order valence-corrected chi connectivity index (χ1v) is 16.6. The van der Waals surface area contributed by atoms with Crippen molar-refractivity contribution in [3.05, 3.63) is 125 Å². The van der Waals surface area contributed by atoms with Crippen LogP contribution in [0.25, 0.3) is 0 Å². The minimum Gasteiger partial charge on any atom is -0.490 e. The first-order valence-electron chi connectivity index (χ1n) is 16.6. The molecule has 4 aromatic rings. The molecule has 0 spiro atoms. The normalized spacial score (nSPS) is 16.5. The average Bonchev–Trinajstić information content (AvgIpc) is 3.09. The van der Waals surface area contributed by atoms with Gasteiger partial charge < -0.3 is 9.47 Å². The molecule has 6 nitrogen and oxygen atoms in total. The summed E-state index contributed by atoms with van der Waals surface area (Å²) in [6, 6.07) is 34.1. The number of aryl methyl sites for hydroxylation is 1. The van der Waals surface area contributed by atoms with Crippen molar-refractivity contribution in [2.75, 3.05) is 26.2 Å². The summed E-state index contributed by atoms with van der Waals surface area (Å²) in [6.07, 6.45) is 4.83. The van der Waals surface area contributed by atoms with Crippen LogP contribution in [0.4, 0.5) is 0 Å². The molecular weight excluding hydrogens is 570 g/mol. The predicted octanol–water partition coefficient (Wildman–Crippen LogP) is 8.19. The van der Waals surface area contributed by atoms with Crippen LogP contribution in [0.2, 0.25) is 0 Å². The number of piperidine rings is 2. The van der Waals surface area contributed by atoms with Gasteiger partial charge in [0.25, 0.3) is 0 Å². The highest BCUT2D eigenvalue weighted by Gasteiger charge is 2.24. The lowest BCUT2D eigenvalue weighted by Gasteiger charge is -2.32. The van der Waals surface area contributed by atoms with Crippen molar-refractivity contribution in [1.29, 1.82) is 5.26 Å². The summed E-state index contributed by atoms with van der Waals surface area (Å²) in [6.45, 7) is 8.03. The third-order valence-corrected chi connectivity index (χ3v) is 9.25. The van der Waals surface area contributed by atoms with E-state index >= 15 is 0 Å². The lowest BCUT2D eigenvalue weighted by molar-refractivity contribution is 0.0915. The van der Waals surface area contributed by atoms with Crippen molar-refractivity contribution in [2.45, 2.75) is 58.2 Å². The van der Waals surface area contributed by atoms with Gasteiger partial charge in [-0.05, 0) is 111 Å². The standard InChI is InChI=1S/C40H43N3O3/c1-30-5-7-33(8-6-30)28-42-21-17-31(18-22-42)25-40(44)35-3-2-4-39(26-35)46-38-19-23-43(24-20-38)29-34-11-15-37(16-12-34)45-36-13-9-32(27-41)10-14-36/h2-16,26,31,38H,17-25,28-29H2,1H3. The highest BCUT2D eigenvalue weighted by molar-refractivity contribution is 5.96. The molecule has 0 aliphatic carbocycles. The van der Waals surface area contributed by atoms with Gasteiger partial charge >= 0.3 is 0 Å². The second kappa shape index (κ2) is 15.2. The van der Waals surface area contributed by atoms with Gasteiger partial charge in [-0.1, -0.05) is 54.1 Å². The Balaban J connectivity index is 0.916. The molecule has 2 saturated heterocycles. The van der Waals surface area contributed by atoms with Crippen LogP contribution < -0.4 is 9.47 Å². The number of hydrogen-bond acceptors (Lipinski definition) is 6. The van der Waals surface area contributed by atoms with Crippen molar-refractivity contribution < 1.29 is 14.3 Å². The van der Waals surface area contributed by atoms with E-state index < -0.39 is 0 Å². The Morgan fingerprint density at radius 3 is 1.91 bits per heavy atom. The number of carbonyl (C=O) groups excluding carboxylic acids is 1. The number of Topliss-reactive ketones (excluding diaryl/α,β-unsaturated/α-hetero) is 1. The molecule has 0 unspecified atom stereocenters. The number of benzene rings is 4. The molecule has 4 aromatic carbocycles. The Labute approximate surface area is 273 Å². The molecule has 0 radical (unpaired) electrons. The summed E-state index contributed by atoms with van der Waals surface area (Å²) in [5.74, 6) is 2.97. The van der Waals surface area contributed by atoms with Gasteiger partial charge in [0.05, 0.1) is 11.6 Å². The summed E-state index contributed by atoms with van der Waals surface area (Å²) in [7, 11) is 0. The first kappa shape index (κ1) is 31.5. The maximum atomic E-state index is 13.2. The third kappa shape index (κ3) is 8.84. The summed E-state index contributed by atoms with van der Waals surface area (Å²) in [5, 5.41) is 8.96. The molecule has 0 N–H and O–H groups in total. The second-order valence-corrected chi connectivity index (χ2v) is 12.8. The second-order valence-electron chi connectivity index (χ2n) is 12.8. The molecule has 0 atom stereocenters. The summed E-state index contributed by atoms with van der Waals surface area (Å²) >= 11 is 0. The topological polar surface area (TPSA) is 65.8 Å². The molecule has 236 valence electrons. The summed E-state index contributed by atoms with van der Waals surface area (Å²) in [4.78, 5) is 18.2. The lowest BCUT2D eigenvalue weighted by Crippen LogP contribution is -2.37. The van der Waals surface area contributed by atoms with Crippen molar-refractivity contribution in [3.8, 4) is 23.3 Å². The molecule has 6 rings (SSSR count). The Morgan fingerprint density at radius 1 is 0.739 bits per heavy atom. The number of ether oxygens (including phenoxy) is 2. The predicted molar refractivity (Wildman–Crippen MR) is 181 cm³/mol. The van der Waals surface area contributed by atoms with E-state index in [0.29, 0.717) is 23.7 Å². The minimum absolute atomic E-state index is 0.155. The minimum atomic E-state index is 0.155. The van der Waals surface area contributed by atoms with Gasteiger partial charge in [-0.3, -0.25) is 14.6 Å². The molecular formula is C40H43N3O3. The number of rotatable bonds is 11. The molecule has 2 aliphatic heterocycles. The Morgan fingerprint density at radius 2 is 1.30 bits per heavy atom. The number of nitrogens with zero attached hydrogens (tertiary/aromatic N) is 3. The zero-order chi connectivity index (χ0) is 31.7. The molecule has 6 heteroatoms. The molecule has 0 amide bonds. The van der Waals surface area contributed by atoms with Crippen molar-refractivity contribution in [1.82, 2.24) is 9.80 Å². The molecule has 0 saturated carbocycles. The Hall–Kier alpha value is -4.44. The van der Waals surface area contributed by atoms with Crippen LogP contribution in [0, 0.1) is 24.2 Å². The third-order valence-electron chi connectivity index (χ3n) is 9.25. The Bertz CT molecular complexity index is 1610. The van der Waals surface area contributed by atoms with Crippen LogP contribution in [0.15, 0.2) is 97.1 Å². The number of ketones is 1. The first-order chi connectivity index (χ1) is 22.5. The van der Waals surface area contributed by atoms with E-state index in [9.17, 15) is 4.79 Å². The van der Waals surface area contributed by atoms with E-state index in [1.54, 1.807) is 12.1 Å². The van der Waals surface area contributed by atoms with Crippen LogP contribution in [-0.4, -0.2) is 47.9 Å². The van der Waals surface area contributed by atoms with Crippen LogP contribution in [0.5, 0.6) is 17.2 Å². The van der Waals surface area contributed by atoms with E-state index in [4.69, 9.17) is 14.7 Å². The van der Waals surface area contributed by atoms with E-state index in [1.807, 2.05) is 48.5 Å². The van der Waals surface area contributed by atoms with Gasteiger partial charge in [0.1, 0.15) is 23.4 Å². The van der Waals surface area contributed by atoms with Crippen molar-refractivity contribution in [3.63, 3.8) is 0 Å². The van der Waals surface area contributed by atoms with Gasteiger partial charge in [0, 0.05) is 38.2 Å². The number of hydrogen-bond donors (Lipinski definition) is 0. The molecule has 2 aliphatic rings. The monoisotopic (exact) mass is 613 g/mol. The SMILES string of the molecule is Cc1ccc(CN2CCC(CC(=O)c3cccc(OC4CCN(Cc5ccc(Oc6ccc(C#N)cc6)cc5)CC4)c3)CC2)cc1. The van der Waals surface area contributed by atoms with Gasteiger partial charge in [-0.15, -0.1) is 0 Å². The quantitative estimate of drug-likeness (QED) is 0.159. The maximum absolute atomic E-state index is 13.2. The fourth-order valence-corrected chi connectivity index (χ4v) is 6.46. The molecule has 2 fully saturated rings. The molecule has 0 aromatic heterocycles. The fourth-order valence-electron chi connectivity index (χ4n) is 6.46. The molecule has 2 heterocycles. The molecule has 46 heavy (non-hydrogen) atoms. The van der Waals surface area contributed by atoms with Crippen molar-refractivity contribution >= 4 is 5.78 Å².